The molecule has 16 heavy (non-hydrogen) atoms. The summed E-state index contributed by atoms with van der Waals surface area (Å²) in [6.45, 7) is 5.14. The standard InChI is InChI=1S/C12H16N2OS/c1-3-13-11(6-10-4-5-15-7-10)12-9(2)14-8-16-12/h4-5,7-8,11,13H,3,6H2,1-2H3. The Bertz CT molecular complexity index is 422. The topological polar surface area (TPSA) is 38.1 Å². The van der Waals surface area contributed by atoms with E-state index in [4.69, 9.17) is 4.42 Å². The number of aryl methyl sites for hydroxylation is 1. The monoisotopic (exact) mass is 236 g/mol. The first-order valence-corrected chi connectivity index (χ1v) is 6.33. The Hall–Kier alpha value is -1.13. The quantitative estimate of drug-likeness (QED) is 0.867. The average molecular weight is 236 g/mol. The Morgan fingerprint density at radius 2 is 2.44 bits per heavy atom. The minimum atomic E-state index is 0.343. The minimum Gasteiger partial charge on any atom is -0.472 e. The Morgan fingerprint density at radius 3 is 3.00 bits per heavy atom. The number of nitrogens with zero attached hydrogens (tertiary/aromatic N) is 1. The first-order valence-electron chi connectivity index (χ1n) is 5.45. The lowest BCUT2D eigenvalue weighted by atomic mass is 10.1. The van der Waals surface area contributed by atoms with Gasteiger partial charge in [0.15, 0.2) is 0 Å². The van der Waals surface area contributed by atoms with Gasteiger partial charge in [0.05, 0.1) is 23.7 Å². The van der Waals surface area contributed by atoms with Gasteiger partial charge in [-0.3, -0.25) is 0 Å². The van der Waals surface area contributed by atoms with Crippen molar-refractivity contribution >= 4 is 11.3 Å². The number of aromatic nitrogens is 1. The fourth-order valence-corrected chi connectivity index (χ4v) is 2.67. The summed E-state index contributed by atoms with van der Waals surface area (Å²) in [5.74, 6) is 0. The molecule has 0 amide bonds. The molecular formula is C12H16N2OS. The fourth-order valence-electron chi connectivity index (χ4n) is 1.79. The second kappa shape index (κ2) is 5.27. The third kappa shape index (κ3) is 2.51. The highest BCUT2D eigenvalue weighted by Crippen LogP contribution is 2.25. The maximum Gasteiger partial charge on any atom is 0.0935 e. The van der Waals surface area contributed by atoms with E-state index in [0.717, 1.165) is 18.7 Å². The van der Waals surface area contributed by atoms with Crippen LogP contribution >= 0.6 is 11.3 Å². The van der Waals surface area contributed by atoms with E-state index in [1.807, 2.05) is 11.6 Å². The van der Waals surface area contributed by atoms with E-state index in [1.165, 1.54) is 10.4 Å². The molecule has 0 aromatic carbocycles. The number of thiazole rings is 1. The van der Waals surface area contributed by atoms with Crippen LogP contribution in [0.3, 0.4) is 0 Å². The third-order valence-corrected chi connectivity index (χ3v) is 3.61. The van der Waals surface area contributed by atoms with E-state index >= 15 is 0 Å². The van der Waals surface area contributed by atoms with Gasteiger partial charge in [-0.15, -0.1) is 11.3 Å². The molecule has 1 N–H and O–H groups in total. The second-order valence-corrected chi connectivity index (χ2v) is 4.63. The van der Waals surface area contributed by atoms with Gasteiger partial charge in [0.25, 0.3) is 0 Å². The normalized spacial score (nSPS) is 12.9. The molecule has 0 spiro atoms. The van der Waals surface area contributed by atoms with Crippen LogP contribution in [-0.2, 0) is 6.42 Å². The van der Waals surface area contributed by atoms with Crippen molar-refractivity contribution in [2.45, 2.75) is 26.3 Å². The molecule has 0 aliphatic rings. The summed E-state index contributed by atoms with van der Waals surface area (Å²) in [6, 6.07) is 2.36. The minimum absolute atomic E-state index is 0.343. The molecule has 4 heteroatoms. The molecule has 0 radical (unpaired) electrons. The molecule has 0 aliphatic heterocycles. The molecule has 0 aliphatic carbocycles. The SMILES string of the molecule is CCNC(Cc1ccoc1)c1scnc1C. The molecule has 2 heterocycles. The van der Waals surface area contributed by atoms with E-state index < -0.39 is 0 Å². The van der Waals surface area contributed by atoms with Gasteiger partial charge in [-0.05, 0) is 31.5 Å². The van der Waals surface area contributed by atoms with Gasteiger partial charge in [0.1, 0.15) is 0 Å². The molecular weight excluding hydrogens is 220 g/mol. The Balaban J connectivity index is 2.14. The zero-order chi connectivity index (χ0) is 11.4. The molecule has 0 fully saturated rings. The van der Waals surface area contributed by atoms with E-state index in [1.54, 1.807) is 23.9 Å². The van der Waals surface area contributed by atoms with Crippen LogP contribution < -0.4 is 5.32 Å². The summed E-state index contributed by atoms with van der Waals surface area (Å²) >= 11 is 1.72. The molecule has 3 nitrogen and oxygen atoms in total. The highest BCUT2D eigenvalue weighted by molar-refractivity contribution is 7.09. The number of nitrogens with one attached hydrogen (secondary N) is 1. The lowest BCUT2D eigenvalue weighted by molar-refractivity contribution is 0.538. The summed E-state index contributed by atoms with van der Waals surface area (Å²) < 4.78 is 5.10. The molecule has 2 aromatic heterocycles. The van der Waals surface area contributed by atoms with Crippen molar-refractivity contribution in [3.05, 3.63) is 40.2 Å². The van der Waals surface area contributed by atoms with Crippen molar-refractivity contribution in [3.63, 3.8) is 0 Å². The molecule has 0 saturated carbocycles. The lowest BCUT2D eigenvalue weighted by Gasteiger charge is -2.16. The molecule has 1 unspecified atom stereocenters. The molecule has 2 rings (SSSR count). The molecule has 0 saturated heterocycles. The van der Waals surface area contributed by atoms with Gasteiger partial charge in [-0.1, -0.05) is 6.92 Å². The summed E-state index contributed by atoms with van der Waals surface area (Å²) in [7, 11) is 0. The molecule has 1 atom stereocenters. The van der Waals surface area contributed by atoms with Gasteiger partial charge in [0.2, 0.25) is 0 Å². The van der Waals surface area contributed by atoms with Crippen molar-refractivity contribution < 1.29 is 4.42 Å². The first kappa shape index (κ1) is 11.4. The summed E-state index contributed by atoms with van der Waals surface area (Å²) in [5, 5.41) is 3.49. The van der Waals surface area contributed by atoms with Crippen LogP contribution in [0.5, 0.6) is 0 Å². The maximum atomic E-state index is 5.10. The highest BCUT2D eigenvalue weighted by atomic mass is 32.1. The lowest BCUT2D eigenvalue weighted by Crippen LogP contribution is -2.22. The highest BCUT2D eigenvalue weighted by Gasteiger charge is 2.16. The number of likely N-dealkylation sites (N-methyl/N-ethyl adjacent to an activating group) is 1. The predicted molar refractivity (Wildman–Crippen MR) is 65.7 cm³/mol. The van der Waals surface area contributed by atoms with Crippen LogP contribution in [0.4, 0.5) is 0 Å². The van der Waals surface area contributed by atoms with Gasteiger partial charge in [-0.25, -0.2) is 4.98 Å². The molecule has 2 aromatic rings. The Morgan fingerprint density at radius 1 is 1.56 bits per heavy atom. The fraction of sp³-hybridized carbons (Fsp3) is 0.417. The van der Waals surface area contributed by atoms with Crippen molar-refractivity contribution in [2.75, 3.05) is 6.54 Å². The van der Waals surface area contributed by atoms with Crippen LogP contribution in [0.15, 0.2) is 28.5 Å². The van der Waals surface area contributed by atoms with Crippen LogP contribution in [0.25, 0.3) is 0 Å². The van der Waals surface area contributed by atoms with Gasteiger partial charge >= 0.3 is 0 Å². The first-order chi connectivity index (χ1) is 7.81. The van der Waals surface area contributed by atoms with Crippen LogP contribution in [0.2, 0.25) is 0 Å². The Labute approximate surface area is 99.5 Å². The third-order valence-electron chi connectivity index (χ3n) is 2.57. The average Bonchev–Trinajstić information content (AvgIpc) is 2.88. The van der Waals surface area contributed by atoms with Crippen LogP contribution in [-0.4, -0.2) is 11.5 Å². The van der Waals surface area contributed by atoms with E-state index in [0.29, 0.717) is 6.04 Å². The number of furan rings is 1. The largest absolute Gasteiger partial charge is 0.472 e. The van der Waals surface area contributed by atoms with E-state index in [-0.39, 0.29) is 0 Å². The molecule has 86 valence electrons. The summed E-state index contributed by atoms with van der Waals surface area (Å²) in [6.07, 6.45) is 4.48. The van der Waals surface area contributed by atoms with Crippen molar-refractivity contribution in [3.8, 4) is 0 Å². The van der Waals surface area contributed by atoms with Crippen molar-refractivity contribution in [1.82, 2.24) is 10.3 Å². The van der Waals surface area contributed by atoms with E-state index in [2.05, 4.69) is 24.1 Å². The smallest absolute Gasteiger partial charge is 0.0935 e. The van der Waals surface area contributed by atoms with Gasteiger partial charge in [0, 0.05) is 10.9 Å². The molecule has 0 bridgehead atoms. The maximum absolute atomic E-state index is 5.10. The zero-order valence-electron chi connectivity index (χ0n) is 9.56. The van der Waals surface area contributed by atoms with E-state index in [9.17, 15) is 0 Å². The predicted octanol–water partition coefficient (Wildman–Crippen LogP) is 2.94. The van der Waals surface area contributed by atoms with Crippen molar-refractivity contribution in [2.24, 2.45) is 0 Å². The number of hydrogen-bond acceptors (Lipinski definition) is 4. The number of rotatable bonds is 5. The Kier molecular flexibility index (Phi) is 3.74. The summed E-state index contributed by atoms with van der Waals surface area (Å²) in [5.41, 5.74) is 4.25. The van der Waals surface area contributed by atoms with Crippen LogP contribution in [0, 0.1) is 6.92 Å². The van der Waals surface area contributed by atoms with Gasteiger partial charge in [-0.2, -0.15) is 0 Å². The second-order valence-electron chi connectivity index (χ2n) is 3.75. The summed E-state index contributed by atoms with van der Waals surface area (Å²) in [4.78, 5) is 5.63. The van der Waals surface area contributed by atoms with Crippen LogP contribution in [0.1, 0.15) is 29.1 Å². The zero-order valence-corrected chi connectivity index (χ0v) is 10.4. The van der Waals surface area contributed by atoms with Gasteiger partial charge < -0.3 is 9.73 Å². The number of hydrogen-bond donors (Lipinski definition) is 1. The van der Waals surface area contributed by atoms with Crippen molar-refractivity contribution in [1.29, 1.82) is 0 Å².